The fourth-order valence-corrected chi connectivity index (χ4v) is 2.83. The molecule has 4 heteroatoms. The van der Waals surface area contributed by atoms with Crippen LogP contribution >= 0.6 is 11.6 Å². The minimum Gasteiger partial charge on any atom is -0.366 e. The second-order valence-electron chi connectivity index (χ2n) is 5.70. The van der Waals surface area contributed by atoms with Crippen LogP contribution in [-0.2, 0) is 4.79 Å². The van der Waals surface area contributed by atoms with Crippen molar-refractivity contribution in [3.8, 4) is 0 Å². The molecule has 20 heavy (non-hydrogen) atoms. The van der Waals surface area contributed by atoms with Crippen LogP contribution in [0.25, 0.3) is 0 Å². The zero-order chi connectivity index (χ0) is 15.2. The Morgan fingerprint density at radius 1 is 1.25 bits per heavy atom. The fourth-order valence-electron chi connectivity index (χ4n) is 2.65. The van der Waals surface area contributed by atoms with Crippen LogP contribution in [0.2, 0.25) is 5.02 Å². The number of aryl methyl sites for hydroxylation is 1. The molecule has 108 valence electrons. The van der Waals surface area contributed by atoms with Crippen LogP contribution in [0.15, 0.2) is 29.3 Å². The zero-order valence-corrected chi connectivity index (χ0v) is 13.2. The lowest BCUT2D eigenvalue weighted by molar-refractivity contribution is -0.117. The van der Waals surface area contributed by atoms with Crippen LogP contribution in [-0.4, -0.2) is 16.7 Å². The van der Waals surface area contributed by atoms with Crippen LogP contribution in [0.3, 0.4) is 0 Å². The highest BCUT2D eigenvalue weighted by Gasteiger charge is 2.49. The average molecular weight is 294 g/mol. The Labute approximate surface area is 124 Å². The molecule has 1 aliphatic rings. The van der Waals surface area contributed by atoms with E-state index in [-0.39, 0.29) is 11.8 Å². The van der Waals surface area contributed by atoms with Gasteiger partial charge in [0.05, 0.1) is 0 Å². The van der Waals surface area contributed by atoms with E-state index in [2.05, 4.69) is 0 Å². The van der Waals surface area contributed by atoms with Crippen molar-refractivity contribution in [1.29, 1.82) is 0 Å². The molecular formula is C16H20ClNO2. The highest BCUT2D eigenvalue weighted by Crippen LogP contribution is 2.42. The number of amides is 1. The first-order valence-electron chi connectivity index (χ1n) is 6.72. The van der Waals surface area contributed by atoms with Gasteiger partial charge in [-0.3, -0.25) is 9.69 Å². The van der Waals surface area contributed by atoms with Gasteiger partial charge in [0.25, 0.3) is 5.91 Å². The maximum atomic E-state index is 12.5. The third kappa shape index (κ3) is 1.97. The summed E-state index contributed by atoms with van der Waals surface area (Å²) < 4.78 is 0. The number of anilines is 1. The molecule has 1 atom stereocenters. The monoisotopic (exact) mass is 293 g/mol. The molecule has 0 bridgehead atoms. The lowest BCUT2D eigenvalue weighted by Gasteiger charge is -2.38. The summed E-state index contributed by atoms with van der Waals surface area (Å²) in [5.41, 5.74) is 1.57. The number of nitrogens with zero attached hydrogens (tertiary/aromatic N) is 1. The molecule has 2 rings (SSSR count). The summed E-state index contributed by atoms with van der Waals surface area (Å²) in [7, 11) is 0. The molecule has 1 heterocycles. The standard InChI is InChI=1S/C16H20ClNO2/c1-9(2)16(20)12(5)11(4)15(19)18(16)13-7-6-10(3)14(17)8-13/h6-9,20H,1-5H3. The first-order valence-corrected chi connectivity index (χ1v) is 7.10. The Morgan fingerprint density at radius 3 is 2.35 bits per heavy atom. The van der Waals surface area contributed by atoms with Crippen molar-refractivity contribution < 1.29 is 9.90 Å². The van der Waals surface area contributed by atoms with E-state index >= 15 is 0 Å². The number of hydrogen-bond donors (Lipinski definition) is 1. The molecule has 0 spiro atoms. The van der Waals surface area contributed by atoms with Crippen molar-refractivity contribution in [3.05, 3.63) is 39.9 Å². The third-order valence-corrected chi connectivity index (χ3v) is 4.61. The smallest absolute Gasteiger partial charge is 0.256 e. The maximum absolute atomic E-state index is 12.5. The van der Waals surface area contributed by atoms with Gasteiger partial charge in [-0.2, -0.15) is 0 Å². The van der Waals surface area contributed by atoms with Crippen molar-refractivity contribution in [2.75, 3.05) is 4.90 Å². The largest absolute Gasteiger partial charge is 0.366 e. The molecule has 0 radical (unpaired) electrons. The number of aliphatic hydroxyl groups is 1. The van der Waals surface area contributed by atoms with E-state index in [1.165, 1.54) is 4.90 Å². The Morgan fingerprint density at radius 2 is 1.85 bits per heavy atom. The highest BCUT2D eigenvalue weighted by atomic mass is 35.5. The Kier molecular flexibility index (Phi) is 3.69. The van der Waals surface area contributed by atoms with E-state index in [1.54, 1.807) is 13.0 Å². The molecule has 0 aromatic heterocycles. The number of carbonyl (C=O) groups is 1. The predicted octanol–water partition coefficient (Wildman–Crippen LogP) is 3.68. The molecule has 1 aliphatic heterocycles. The van der Waals surface area contributed by atoms with Gasteiger partial charge in [-0.15, -0.1) is 0 Å². The first kappa shape index (κ1) is 15.1. The summed E-state index contributed by atoms with van der Waals surface area (Å²) in [5.74, 6) is -0.289. The lowest BCUT2D eigenvalue weighted by atomic mass is 9.91. The van der Waals surface area contributed by atoms with E-state index in [9.17, 15) is 9.90 Å². The molecule has 1 N–H and O–H groups in total. The van der Waals surface area contributed by atoms with Crippen molar-refractivity contribution >= 4 is 23.2 Å². The molecule has 0 fully saturated rings. The Hall–Kier alpha value is -1.32. The number of benzene rings is 1. The summed E-state index contributed by atoms with van der Waals surface area (Å²) in [4.78, 5) is 13.9. The van der Waals surface area contributed by atoms with Gasteiger partial charge in [0.1, 0.15) is 0 Å². The van der Waals surface area contributed by atoms with Crippen molar-refractivity contribution in [3.63, 3.8) is 0 Å². The van der Waals surface area contributed by atoms with Gasteiger partial charge in [-0.1, -0.05) is 31.5 Å². The van der Waals surface area contributed by atoms with Crippen molar-refractivity contribution in [2.24, 2.45) is 5.92 Å². The number of hydrogen-bond acceptors (Lipinski definition) is 2. The summed E-state index contributed by atoms with van der Waals surface area (Å²) in [6.07, 6.45) is 0. The number of rotatable bonds is 2. The van der Waals surface area contributed by atoms with Crippen LogP contribution < -0.4 is 4.90 Å². The second kappa shape index (κ2) is 4.90. The highest BCUT2D eigenvalue weighted by molar-refractivity contribution is 6.31. The topological polar surface area (TPSA) is 40.5 Å². The summed E-state index contributed by atoms with van der Waals surface area (Å²) >= 11 is 6.15. The van der Waals surface area contributed by atoms with Gasteiger partial charge in [0, 0.05) is 22.2 Å². The third-order valence-electron chi connectivity index (χ3n) is 4.20. The summed E-state index contributed by atoms with van der Waals surface area (Å²) in [6, 6.07) is 5.40. The van der Waals surface area contributed by atoms with Gasteiger partial charge in [0.2, 0.25) is 0 Å². The van der Waals surface area contributed by atoms with Crippen molar-refractivity contribution in [2.45, 2.75) is 40.3 Å². The van der Waals surface area contributed by atoms with E-state index in [1.807, 2.05) is 39.8 Å². The normalized spacial score (nSPS) is 23.2. The van der Waals surface area contributed by atoms with Crippen LogP contribution in [0, 0.1) is 12.8 Å². The molecule has 3 nitrogen and oxygen atoms in total. The minimum atomic E-state index is -1.29. The van der Waals surface area contributed by atoms with Gasteiger partial charge < -0.3 is 5.11 Å². The quantitative estimate of drug-likeness (QED) is 0.904. The summed E-state index contributed by atoms with van der Waals surface area (Å²) in [5, 5.41) is 11.6. The van der Waals surface area contributed by atoms with Gasteiger partial charge >= 0.3 is 0 Å². The van der Waals surface area contributed by atoms with E-state index in [0.717, 1.165) is 5.56 Å². The minimum absolute atomic E-state index is 0.121. The van der Waals surface area contributed by atoms with E-state index in [0.29, 0.717) is 21.9 Å². The molecule has 1 amide bonds. The molecule has 0 aliphatic carbocycles. The van der Waals surface area contributed by atoms with Crippen LogP contribution in [0.1, 0.15) is 33.3 Å². The first-order chi connectivity index (χ1) is 9.21. The molecule has 1 unspecified atom stereocenters. The van der Waals surface area contributed by atoms with Gasteiger partial charge in [-0.05, 0) is 44.0 Å². The van der Waals surface area contributed by atoms with Gasteiger partial charge in [0.15, 0.2) is 5.72 Å². The summed E-state index contributed by atoms with van der Waals surface area (Å²) in [6.45, 7) is 9.27. The maximum Gasteiger partial charge on any atom is 0.256 e. The average Bonchev–Trinajstić information content (AvgIpc) is 2.56. The molecule has 1 aromatic carbocycles. The molecule has 0 saturated heterocycles. The molecule has 0 saturated carbocycles. The van der Waals surface area contributed by atoms with Crippen LogP contribution in [0.4, 0.5) is 5.69 Å². The predicted molar refractivity (Wildman–Crippen MR) is 81.8 cm³/mol. The Bertz CT molecular complexity index is 606. The number of carbonyl (C=O) groups excluding carboxylic acids is 1. The Balaban J connectivity index is 2.60. The number of halogens is 1. The van der Waals surface area contributed by atoms with Gasteiger partial charge in [-0.25, -0.2) is 0 Å². The van der Waals surface area contributed by atoms with Crippen LogP contribution in [0.5, 0.6) is 0 Å². The lowest BCUT2D eigenvalue weighted by Crippen LogP contribution is -2.52. The molecule has 1 aromatic rings. The molecular weight excluding hydrogens is 274 g/mol. The SMILES string of the molecule is CC1=C(C)C(O)(C(C)C)N(c2ccc(C)c(Cl)c2)C1=O. The van der Waals surface area contributed by atoms with Crippen molar-refractivity contribution in [1.82, 2.24) is 0 Å². The van der Waals surface area contributed by atoms with E-state index < -0.39 is 5.72 Å². The zero-order valence-electron chi connectivity index (χ0n) is 12.5. The fraction of sp³-hybridized carbons (Fsp3) is 0.438. The second-order valence-corrected chi connectivity index (χ2v) is 6.11. The van der Waals surface area contributed by atoms with E-state index in [4.69, 9.17) is 11.6 Å².